The van der Waals surface area contributed by atoms with Gasteiger partial charge in [-0.25, -0.2) is 4.79 Å². The van der Waals surface area contributed by atoms with Crippen molar-refractivity contribution in [3.8, 4) is 12.3 Å². The summed E-state index contributed by atoms with van der Waals surface area (Å²) in [6.45, 7) is 6.87. The van der Waals surface area contributed by atoms with E-state index in [9.17, 15) is 4.79 Å². The molecule has 0 aromatic carbocycles. The second-order valence-electron chi connectivity index (χ2n) is 5.95. The average molecular weight is 237 g/mol. The molecular formula is C14H23NO2. The lowest BCUT2D eigenvalue weighted by Gasteiger charge is -2.18. The number of hydrogen-bond acceptors (Lipinski definition) is 2. The van der Waals surface area contributed by atoms with Gasteiger partial charge in [-0.15, -0.1) is 12.3 Å². The van der Waals surface area contributed by atoms with Gasteiger partial charge < -0.3 is 10.1 Å². The number of carbonyl (C=O) groups is 1. The first-order valence-corrected chi connectivity index (χ1v) is 6.30. The Morgan fingerprint density at radius 2 is 2.24 bits per heavy atom. The molecule has 0 bridgehead atoms. The van der Waals surface area contributed by atoms with E-state index in [1.807, 2.05) is 0 Å². The summed E-state index contributed by atoms with van der Waals surface area (Å²) in [7, 11) is 0. The molecule has 1 unspecified atom stereocenters. The molecular weight excluding hydrogens is 214 g/mol. The fourth-order valence-electron chi connectivity index (χ4n) is 1.65. The van der Waals surface area contributed by atoms with Crippen LogP contribution in [0.3, 0.4) is 0 Å². The predicted octanol–water partition coefficient (Wildman–Crippen LogP) is 2.95. The highest BCUT2D eigenvalue weighted by Crippen LogP contribution is 2.37. The highest BCUT2D eigenvalue weighted by molar-refractivity contribution is 5.67. The van der Waals surface area contributed by atoms with Gasteiger partial charge in [0.05, 0.1) is 0 Å². The van der Waals surface area contributed by atoms with Gasteiger partial charge in [-0.1, -0.05) is 20.8 Å². The molecule has 1 N–H and O–H groups in total. The first-order chi connectivity index (χ1) is 7.92. The number of rotatable bonds is 5. The molecule has 1 amide bonds. The van der Waals surface area contributed by atoms with Crippen molar-refractivity contribution in [2.75, 3.05) is 6.54 Å². The van der Waals surface area contributed by atoms with Crippen LogP contribution in [-0.2, 0) is 4.74 Å². The Bertz CT molecular complexity index is 298. The Morgan fingerprint density at radius 1 is 1.53 bits per heavy atom. The third kappa shape index (κ3) is 6.21. The van der Waals surface area contributed by atoms with E-state index < -0.39 is 0 Å². The molecule has 0 spiro atoms. The topological polar surface area (TPSA) is 38.3 Å². The van der Waals surface area contributed by atoms with Gasteiger partial charge in [-0.3, -0.25) is 0 Å². The molecule has 0 radical (unpaired) electrons. The molecule has 1 rings (SSSR count). The van der Waals surface area contributed by atoms with Crippen molar-refractivity contribution in [2.45, 2.75) is 52.6 Å². The number of alkyl carbamates (subject to hydrolysis) is 1. The standard InChI is InChI=1S/C14H23NO2/c1-5-6-7-8-11-9-12(11)17-13(16)15-10-14(2,3)4/h1,11-12H,6-10H2,2-4H3,(H,15,16)/t11-,12?/m1/s1. The van der Waals surface area contributed by atoms with Gasteiger partial charge in [-0.2, -0.15) is 0 Å². The fourth-order valence-corrected chi connectivity index (χ4v) is 1.65. The minimum absolute atomic E-state index is 0.0920. The van der Waals surface area contributed by atoms with E-state index in [2.05, 4.69) is 32.0 Å². The highest BCUT2D eigenvalue weighted by atomic mass is 16.6. The molecule has 17 heavy (non-hydrogen) atoms. The van der Waals surface area contributed by atoms with Crippen LogP contribution < -0.4 is 5.32 Å². The average Bonchev–Trinajstić information content (AvgIpc) is 2.93. The van der Waals surface area contributed by atoms with Gasteiger partial charge in [0.2, 0.25) is 0 Å². The number of carbonyl (C=O) groups excluding carboxylic acids is 1. The molecule has 0 aliphatic heterocycles. The summed E-state index contributed by atoms with van der Waals surface area (Å²) in [6.07, 6.45) is 8.93. The Hall–Kier alpha value is -1.17. The maximum Gasteiger partial charge on any atom is 0.407 e. The van der Waals surface area contributed by atoms with Crippen molar-refractivity contribution in [3.05, 3.63) is 0 Å². The molecule has 0 aromatic heterocycles. The summed E-state index contributed by atoms with van der Waals surface area (Å²) in [6, 6.07) is 0. The van der Waals surface area contributed by atoms with Gasteiger partial charge in [0, 0.05) is 13.0 Å². The number of ether oxygens (including phenoxy) is 1. The molecule has 1 saturated carbocycles. The number of unbranched alkanes of at least 4 members (excludes halogenated alkanes) is 1. The summed E-state index contributed by atoms with van der Waals surface area (Å²) >= 11 is 0. The minimum atomic E-state index is -0.288. The maximum absolute atomic E-state index is 11.4. The quantitative estimate of drug-likeness (QED) is 0.589. The van der Waals surface area contributed by atoms with Crippen LogP contribution in [0.1, 0.15) is 46.5 Å². The third-order valence-corrected chi connectivity index (χ3v) is 2.78. The van der Waals surface area contributed by atoms with Gasteiger partial charge >= 0.3 is 6.09 Å². The molecule has 0 heterocycles. The summed E-state index contributed by atoms with van der Waals surface area (Å²) in [4.78, 5) is 11.4. The monoisotopic (exact) mass is 237 g/mol. The summed E-state index contributed by atoms with van der Waals surface area (Å²) in [5.74, 6) is 3.15. The smallest absolute Gasteiger partial charge is 0.407 e. The number of hydrogen-bond donors (Lipinski definition) is 1. The van der Waals surface area contributed by atoms with Crippen LogP contribution in [-0.4, -0.2) is 18.7 Å². The Morgan fingerprint density at radius 3 is 2.82 bits per heavy atom. The molecule has 1 fully saturated rings. The Labute approximate surface area is 104 Å². The zero-order chi connectivity index (χ0) is 12.9. The van der Waals surface area contributed by atoms with Gasteiger partial charge in [0.25, 0.3) is 0 Å². The van der Waals surface area contributed by atoms with Crippen molar-refractivity contribution in [1.82, 2.24) is 5.32 Å². The Balaban J connectivity index is 2.08. The van der Waals surface area contributed by atoms with E-state index in [4.69, 9.17) is 11.2 Å². The Kier molecular flexibility index (Phi) is 4.86. The van der Waals surface area contributed by atoms with Crippen molar-refractivity contribution in [2.24, 2.45) is 11.3 Å². The second kappa shape index (κ2) is 5.95. The van der Waals surface area contributed by atoms with E-state index >= 15 is 0 Å². The second-order valence-corrected chi connectivity index (χ2v) is 5.95. The van der Waals surface area contributed by atoms with Crippen LogP contribution in [0.2, 0.25) is 0 Å². The number of terminal acetylenes is 1. The van der Waals surface area contributed by atoms with E-state index in [0.29, 0.717) is 12.5 Å². The molecule has 2 atom stereocenters. The van der Waals surface area contributed by atoms with Crippen LogP contribution in [0.15, 0.2) is 0 Å². The number of nitrogens with one attached hydrogen (secondary N) is 1. The van der Waals surface area contributed by atoms with Crippen molar-refractivity contribution in [1.29, 1.82) is 0 Å². The minimum Gasteiger partial charge on any atom is -0.446 e. The van der Waals surface area contributed by atoms with Crippen molar-refractivity contribution >= 4 is 6.09 Å². The van der Waals surface area contributed by atoms with Crippen LogP contribution in [0.5, 0.6) is 0 Å². The van der Waals surface area contributed by atoms with Gasteiger partial charge in [0.15, 0.2) is 0 Å². The largest absolute Gasteiger partial charge is 0.446 e. The molecule has 0 aromatic rings. The SMILES string of the molecule is C#CCCC[C@@H]1CC1OC(=O)NCC(C)(C)C. The van der Waals surface area contributed by atoms with E-state index in [1.165, 1.54) is 0 Å². The van der Waals surface area contributed by atoms with Crippen LogP contribution >= 0.6 is 0 Å². The lowest BCUT2D eigenvalue weighted by molar-refractivity contribution is 0.129. The molecule has 3 nitrogen and oxygen atoms in total. The predicted molar refractivity (Wildman–Crippen MR) is 68.5 cm³/mol. The van der Waals surface area contributed by atoms with E-state index in [-0.39, 0.29) is 17.6 Å². The molecule has 1 aliphatic rings. The lowest BCUT2D eigenvalue weighted by atomic mass is 9.97. The number of amides is 1. The summed E-state index contributed by atoms with van der Waals surface area (Å²) in [5.41, 5.74) is 0.0920. The summed E-state index contributed by atoms with van der Waals surface area (Å²) < 4.78 is 5.30. The molecule has 1 aliphatic carbocycles. The fraction of sp³-hybridized carbons (Fsp3) is 0.786. The van der Waals surface area contributed by atoms with E-state index in [0.717, 1.165) is 25.7 Å². The summed E-state index contributed by atoms with van der Waals surface area (Å²) in [5, 5.41) is 2.79. The van der Waals surface area contributed by atoms with Crippen molar-refractivity contribution < 1.29 is 9.53 Å². The molecule has 3 heteroatoms. The first kappa shape index (κ1) is 13.9. The zero-order valence-corrected chi connectivity index (χ0v) is 11.1. The van der Waals surface area contributed by atoms with Crippen LogP contribution in [0, 0.1) is 23.7 Å². The van der Waals surface area contributed by atoms with Crippen molar-refractivity contribution in [3.63, 3.8) is 0 Å². The highest BCUT2D eigenvalue weighted by Gasteiger charge is 2.39. The third-order valence-electron chi connectivity index (χ3n) is 2.78. The lowest BCUT2D eigenvalue weighted by Crippen LogP contribution is -2.33. The van der Waals surface area contributed by atoms with Gasteiger partial charge in [0.1, 0.15) is 6.10 Å². The normalized spacial score (nSPS) is 22.7. The van der Waals surface area contributed by atoms with E-state index in [1.54, 1.807) is 0 Å². The van der Waals surface area contributed by atoms with Gasteiger partial charge in [-0.05, 0) is 30.6 Å². The van der Waals surface area contributed by atoms with Crippen LogP contribution in [0.4, 0.5) is 4.79 Å². The first-order valence-electron chi connectivity index (χ1n) is 6.30. The maximum atomic E-state index is 11.4. The zero-order valence-electron chi connectivity index (χ0n) is 11.1. The molecule has 0 saturated heterocycles. The molecule has 96 valence electrons. The van der Waals surface area contributed by atoms with Crippen LogP contribution in [0.25, 0.3) is 0 Å².